The van der Waals surface area contributed by atoms with E-state index in [1.165, 1.54) is 6.92 Å². The van der Waals surface area contributed by atoms with Crippen molar-refractivity contribution in [3.8, 4) is 0 Å². The lowest BCUT2D eigenvalue weighted by Crippen LogP contribution is -2.09. The SMILES string of the molecule is Cn1cc(SC(C)(F)c2ccncc2)c(Cl)n1. The van der Waals surface area contributed by atoms with Crippen LogP contribution in [0.15, 0.2) is 35.6 Å². The minimum Gasteiger partial charge on any atom is -0.273 e. The van der Waals surface area contributed by atoms with Gasteiger partial charge in [0.25, 0.3) is 0 Å². The van der Waals surface area contributed by atoms with Crippen molar-refractivity contribution in [2.45, 2.75) is 16.8 Å². The predicted octanol–water partition coefficient (Wildman–Crippen LogP) is 3.40. The summed E-state index contributed by atoms with van der Waals surface area (Å²) in [5, 5.41) is 2.73. The average Bonchev–Trinajstić information content (AvgIpc) is 2.58. The van der Waals surface area contributed by atoms with Crippen molar-refractivity contribution < 1.29 is 4.39 Å². The number of aromatic nitrogens is 3. The highest BCUT2D eigenvalue weighted by Gasteiger charge is 2.29. The molecule has 0 aliphatic rings. The van der Waals surface area contributed by atoms with Crippen molar-refractivity contribution >= 4 is 23.4 Å². The normalized spacial score (nSPS) is 14.6. The Labute approximate surface area is 108 Å². The molecule has 17 heavy (non-hydrogen) atoms. The van der Waals surface area contributed by atoms with Gasteiger partial charge in [-0.3, -0.25) is 9.67 Å². The van der Waals surface area contributed by atoms with Crippen LogP contribution in [-0.4, -0.2) is 14.8 Å². The van der Waals surface area contributed by atoms with Crippen LogP contribution in [-0.2, 0) is 12.0 Å². The molecule has 2 heterocycles. The molecule has 0 aliphatic carbocycles. The molecule has 0 fully saturated rings. The highest BCUT2D eigenvalue weighted by Crippen LogP contribution is 2.44. The van der Waals surface area contributed by atoms with Crippen LogP contribution in [0.1, 0.15) is 12.5 Å². The van der Waals surface area contributed by atoms with Gasteiger partial charge in [-0.25, -0.2) is 4.39 Å². The fraction of sp³-hybridized carbons (Fsp3) is 0.273. The van der Waals surface area contributed by atoms with Gasteiger partial charge < -0.3 is 0 Å². The van der Waals surface area contributed by atoms with E-state index in [-0.39, 0.29) is 0 Å². The zero-order valence-corrected chi connectivity index (χ0v) is 11.0. The van der Waals surface area contributed by atoms with Gasteiger partial charge in [0.15, 0.2) is 10.2 Å². The highest BCUT2D eigenvalue weighted by atomic mass is 35.5. The number of hydrogen-bond acceptors (Lipinski definition) is 3. The molecule has 0 amide bonds. The molecule has 0 spiro atoms. The van der Waals surface area contributed by atoms with Crippen LogP contribution in [0.5, 0.6) is 0 Å². The fourth-order valence-electron chi connectivity index (χ4n) is 1.42. The second-order valence-corrected chi connectivity index (χ2v) is 5.48. The van der Waals surface area contributed by atoms with Crippen LogP contribution >= 0.6 is 23.4 Å². The van der Waals surface area contributed by atoms with Crippen LogP contribution in [0.4, 0.5) is 4.39 Å². The first-order valence-corrected chi connectivity index (χ1v) is 6.16. The molecule has 1 atom stereocenters. The van der Waals surface area contributed by atoms with Gasteiger partial charge in [0.1, 0.15) is 0 Å². The molecule has 2 rings (SSSR count). The van der Waals surface area contributed by atoms with Crippen LogP contribution in [0, 0.1) is 0 Å². The monoisotopic (exact) mass is 271 g/mol. The van der Waals surface area contributed by atoms with E-state index in [1.807, 2.05) is 0 Å². The summed E-state index contributed by atoms with van der Waals surface area (Å²) in [6.07, 6.45) is 4.84. The maximum Gasteiger partial charge on any atom is 0.183 e. The van der Waals surface area contributed by atoms with Gasteiger partial charge in [-0.15, -0.1) is 0 Å². The molecular formula is C11H11ClFN3S. The molecule has 0 N–H and O–H groups in total. The minimum absolute atomic E-state index is 0.315. The van der Waals surface area contributed by atoms with E-state index in [1.54, 1.807) is 42.5 Å². The quantitative estimate of drug-likeness (QED) is 0.802. The Hall–Kier alpha value is -1.07. The van der Waals surface area contributed by atoms with E-state index in [2.05, 4.69) is 10.1 Å². The summed E-state index contributed by atoms with van der Waals surface area (Å²) in [6, 6.07) is 3.30. The number of thioether (sulfide) groups is 1. The summed E-state index contributed by atoms with van der Waals surface area (Å²) in [6.45, 7) is 1.50. The zero-order valence-electron chi connectivity index (χ0n) is 9.39. The number of alkyl halides is 1. The van der Waals surface area contributed by atoms with E-state index >= 15 is 0 Å². The number of aryl methyl sites for hydroxylation is 1. The maximum atomic E-state index is 14.5. The van der Waals surface area contributed by atoms with E-state index in [9.17, 15) is 4.39 Å². The van der Waals surface area contributed by atoms with Crippen LogP contribution < -0.4 is 0 Å². The largest absolute Gasteiger partial charge is 0.273 e. The molecule has 6 heteroatoms. The number of hydrogen-bond donors (Lipinski definition) is 0. The van der Waals surface area contributed by atoms with E-state index < -0.39 is 5.00 Å². The number of rotatable bonds is 3. The Morgan fingerprint density at radius 1 is 1.41 bits per heavy atom. The average molecular weight is 272 g/mol. The highest BCUT2D eigenvalue weighted by molar-refractivity contribution is 8.00. The van der Waals surface area contributed by atoms with Crippen molar-refractivity contribution in [1.29, 1.82) is 0 Å². The smallest absolute Gasteiger partial charge is 0.183 e. The summed E-state index contributed by atoms with van der Waals surface area (Å²) in [5.41, 5.74) is 0.553. The number of nitrogens with zero attached hydrogens (tertiary/aromatic N) is 3. The predicted molar refractivity (Wildman–Crippen MR) is 66.8 cm³/mol. The molecule has 1 unspecified atom stereocenters. The number of halogens is 2. The Morgan fingerprint density at radius 3 is 2.59 bits per heavy atom. The second kappa shape index (κ2) is 4.66. The molecule has 90 valence electrons. The first kappa shape index (κ1) is 12.4. The lowest BCUT2D eigenvalue weighted by Gasteiger charge is -2.19. The molecule has 0 aliphatic heterocycles. The minimum atomic E-state index is -1.56. The van der Waals surface area contributed by atoms with Crippen molar-refractivity contribution in [3.63, 3.8) is 0 Å². The third-order valence-corrected chi connectivity index (χ3v) is 3.78. The lowest BCUT2D eigenvalue weighted by molar-refractivity contribution is 0.324. The first-order valence-electron chi connectivity index (χ1n) is 4.96. The van der Waals surface area contributed by atoms with E-state index in [0.29, 0.717) is 15.6 Å². The molecule has 0 saturated carbocycles. The third-order valence-electron chi connectivity index (χ3n) is 2.25. The molecule has 0 radical (unpaired) electrons. The van der Waals surface area contributed by atoms with Gasteiger partial charge in [0.05, 0.1) is 4.90 Å². The summed E-state index contributed by atoms with van der Waals surface area (Å²) in [7, 11) is 1.75. The molecule has 3 nitrogen and oxygen atoms in total. The summed E-state index contributed by atoms with van der Waals surface area (Å²) < 4.78 is 16.1. The lowest BCUT2D eigenvalue weighted by atomic mass is 10.2. The second-order valence-electron chi connectivity index (χ2n) is 3.71. The van der Waals surface area contributed by atoms with Gasteiger partial charge in [-0.1, -0.05) is 23.4 Å². The van der Waals surface area contributed by atoms with E-state index in [0.717, 1.165) is 11.8 Å². The topological polar surface area (TPSA) is 30.7 Å². The van der Waals surface area contributed by atoms with Gasteiger partial charge in [0.2, 0.25) is 0 Å². The van der Waals surface area contributed by atoms with Crippen molar-refractivity contribution in [2.75, 3.05) is 0 Å². The van der Waals surface area contributed by atoms with Crippen LogP contribution in [0.3, 0.4) is 0 Å². The van der Waals surface area contributed by atoms with Gasteiger partial charge in [0, 0.05) is 31.2 Å². The third kappa shape index (κ3) is 2.79. The summed E-state index contributed by atoms with van der Waals surface area (Å²) >= 11 is 6.94. The molecule has 2 aromatic heterocycles. The van der Waals surface area contributed by atoms with E-state index in [4.69, 9.17) is 11.6 Å². The standard InChI is InChI=1S/C11H11ClFN3S/c1-11(13,8-3-5-14-6-4-8)17-9-7-16(2)15-10(9)12/h3-7H,1-2H3. The molecule has 0 saturated heterocycles. The molecule has 0 aromatic carbocycles. The Bertz CT molecular complexity index is 513. The van der Waals surface area contributed by atoms with Crippen LogP contribution in [0.25, 0.3) is 0 Å². The Morgan fingerprint density at radius 2 is 2.06 bits per heavy atom. The van der Waals surface area contributed by atoms with Crippen LogP contribution in [0.2, 0.25) is 5.15 Å². The maximum absolute atomic E-state index is 14.5. The van der Waals surface area contributed by atoms with Crippen molar-refractivity contribution in [3.05, 3.63) is 41.4 Å². The number of pyridine rings is 1. The summed E-state index contributed by atoms with van der Waals surface area (Å²) in [5.74, 6) is 0. The zero-order chi connectivity index (χ0) is 12.5. The van der Waals surface area contributed by atoms with Crippen molar-refractivity contribution in [2.24, 2.45) is 7.05 Å². The molecule has 0 bridgehead atoms. The van der Waals surface area contributed by atoms with Gasteiger partial charge in [-0.2, -0.15) is 5.10 Å². The Balaban J connectivity index is 2.26. The molecule has 2 aromatic rings. The first-order chi connectivity index (χ1) is 7.99. The molecular weight excluding hydrogens is 261 g/mol. The van der Waals surface area contributed by atoms with Gasteiger partial charge in [-0.05, 0) is 19.1 Å². The Kier molecular flexibility index (Phi) is 3.40. The van der Waals surface area contributed by atoms with Gasteiger partial charge >= 0.3 is 0 Å². The summed E-state index contributed by atoms with van der Waals surface area (Å²) in [4.78, 5) is 4.49. The fourth-order valence-corrected chi connectivity index (χ4v) is 2.70. The van der Waals surface area contributed by atoms with Crippen molar-refractivity contribution in [1.82, 2.24) is 14.8 Å².